The molecule has 3 heteroatoms. The molecule has 0 spiro atoms. The van der Waals surface area contributed by atoms with Crippen molar-refractivity contribution in [3.63, 3.8) is 0 Å². The van der Waals surface area contributed by atoms with Crippen molar-refractivity contribution in [3.05, 3.63) is 57.3 Å². The Hall–Kier alpha value is -0.920. The first-order valence-electron chi connectivity index (χ1n) is 5.60. The molecule has 0 fully saturated rings. The molecule has 0 aliphatic heterocycles. The Balaban J connectivity index is 2.47. The number of aromatic nitrogens is 1. The molecule has 1 aromatic heterocycles. The molecule has 0 N–H and O–H groups in total. The summed E-state index contributed by atoms with van der Waals surface area (Å²) in [6.07, 6.45) is 0. The lowest BCUT2D eigenvalue weighted by molar-refractivity contribution is 0.610. The minimum atomic E-state index is 0.217. The van der Waals surface area contributed by atoms with E-state index in [1.165, 1.54) is 11.4 Å². The Kier molecular flexibility index (Phi) is 3.50. The number of benzene rings is 1. The van der Waals surface area contributed by atoms with Crippen molar-refractivity contribution >= 4 is 23.2 Å². The van der Waals surface area contributed by atoms with Crippen LogP contribution in [0.1, 0.15) is 29.9 Å². The standard InChI is InChI=1S/C14H15Cl2N/c1-9-4-5-10(2)17(9)11(3)13-7-6-12(15)8-14(13)16/h4-8,11H,1-3H3. The van der Waals surface area contributed by atoms with Crippen LogP contribution >= 0.6 is 23.2 Å². The van der Waals surface area contributed by atoms with Crippen LogP contribution in [0.3, 0.4) is 0 Å². The van der Waals surface area contributed by atoms with Crippen LogP contribution in [0.25, 0.3) is 0 Å². The highest BCUT2D eigenvalue weighted by Gasteiger charge is 2.14. The van der Waals surface area contributed by atoms with Gasteiger partial charge in [0.1, 0.15) is 0 Å². The first-order chi connectivity index (χ1) is 8.00. The van der Waals surface area contributed by atoms with Gasteiger partial charge >= 0.3 is 0 Å². The fourth-order valence-corrected chi connectivity index (χ4v) is 2.84. The molecule has 0 aliphatic rings. The van der Waals surface area contributed by atoms with E-state index in [2.05, 4.69) is 37.5 Å². The van der Waals surface area contributed by atoms with Crippen molar-refractivity contribution in [2.75, 3.05) is 0 Å². The van der Waals surface area contributed by atoms with Crippen LogP contribution in [0.2, 0.25) is 10.0 Å². The summed E-state index contributed by atoms with van der Waals surface area (Å²) in [5, 5.41) is 1.39. The molecule has 0 aliphatic carbocycles. The maximum absolute atomic E-state index is 6.25. The molecular formula is C14H15Cl2N. The summed E-state index contributed by atoms with van der Waals surface area (Å²) >= 11 is 12.2. The SMILES string of the molecule is Cc1ccc(C)n1C(C)c1ccc(Cl)cc1Cl. The van der Waals surface area contributed by atoms with E-state index in [0.29, 0.717) is 5.02 Å². The van der Waals surface area contributed by atoms with E-state index >= 15 is 0 Å². The average molecular weight is 268 g/mol. The molecule has 1 nitrogen and oxygen atoms in total. The third-order valence-corrected chi connectivity index (χ3v) is 3.69. The maximum Gasteiger partial charge on any atom is 0.0571 e. The van der Waals surface area contributed by atoms with Gasteiger partial charge in [0.05, 0.1) is 6.04 Å². The second kappa shape index (κ2) is 4.75. The van der Waals surface area contributed by atoms with Gasteiger partial charge in [0.15, 0.2) is 0 Å². The fourth-order valence-electron chi connectivity index (χ4n) is 2.27. The van der Waals surface area contributed by atoms with Gasteiger partial charge in [-0.3, -0.25) is 0 Å². The number of hydrogen-bond acceptors (Lipinski definition) is 0. The highest BCUT2D eigenvalue weighted by molar-refractivity contribution is 6.35. The number of hydrogen-bond donors (Lipinski definition) is 0. The molecule has 90 valence electrons. The van der Waals surface area contributed by atoms with Gasteiger partial charge in [0, 0.05) is 21.4 Å². The van der Waals surface area contributed by atoms with Crippen molar-refractivity contribution < 1.29 is 0 Å². The number of halogens is 2. The van der Waals surface area contributed by atoms with Crippen molar-refractivity contribution in [3.8, 4) is 0 Å². The molecule has 1 aromatic carbocycles. The van der Waals surface area contributed by atoms with E-state index in [4.69, 9.17) is 23.2 Å². The van der Waals surface area contributed by atoms with Crippen molar-refractivity contribution in [2.45, 2.75) is 26.8 Å². The molecule has 17 heavy (non-hydrogen) atoms. The van der Waals surface area contributed by atoms with E-state index in [1.54, 1.807) is 6.07 Å². The van der Waals surface area contributed by atoms with Gasteiger partial charge < -0.3 is 4.57 Å². The molecule has 2 aromatic rings. The highest BCUT2D eigenvalue weighted by atomic mass is 35.5. The largest absolute Gasteiger partial charge is 0.342 e. The Morgan fingerprint density at radius 1 is 1.00 bits per heavy atom. The lowest BCUT2D eigenvalue weighted by Crippen LogP contribution is -2.10. The summed E-state index contributed by atoms with van der Waals surface area (Å²) in [5.74, 6) is 0. The van der Waals surface area contributed by atoms with Crippen molar-refractivity contribution in [2.24, 2.45) is 0 Å². The summed E-state index contributed by atoms with van der Waals surface area (Å²) in [6, 6.07) is 10.1. The first kappa shape index (κ1) is 12.5. The van der Waals surface area contributed by atoms with Crippen LogP contribution in [0.4, 0.5) is 0 Å². The lowest BCUT2D eigenvalue weighted by atomic mass is 10.1. The highest BCUT2D eigenvalue weighted by Crippen LogP contribution is 2.30. The van der Waals surface area contributed by atoms with Gasteiger partial charge in [0.25, 0.3) is 0 Å². The summed E-state index contributed by atoms with van der Waals surface area (Å²) in [5.41, 5.74) is 3.57. The molecule has 0 saturated carbocycles. The predicted molar refractivity (Wildman–Crippen MR) is 74.2 cm³/mol. The van der Waals surface area contributed by atoms with E-state index in [1.807, 2.05) is 12.1 Å². The lowest BCUT2D eigenvalue weighted by Gasteiger charge is -2.20. The molecule has 2 rings (SSSR count). The second-order valence-electron chi connectivity index (χ2n) is 4.33. The second-order valence-corrected chi connectivity index (χ2v) is 5.17. The molecule has 1 unspecified atom stereocenters. The normalized spacial score (nSPS) is 12.8. The molecule has 0 saturated heterocycles. The van der Waals surface area contributed by atoms with Crippen LogP contribution in [0.15, 0.2) is 30.3 Å². The van der Waals surface area contributed by atoms with Gasteiger partial charge in [-0.2, -0.15) is 0 Å². The van der Waals surface area contributed by atoms with E-state index in [9.17, 15) is 0 Å². The molecule has 1 atom stereocenters. The minimum Gasteiger partial charge on any atom is -0.342 e. The number of aryl methyl sites for hydroxylation is 2. The average Bonchev–Trinajstić information content (AvgIpc) is 2.58. The number of rotatable bonds is 2. The summed E-state index contributed by atoms with van der Waals surface area (Å²) in [7, 11) is 0. The smallest absolute Gasteiger partial charge is 0.0571 e. The van der Waals surface area contributed by atoms with E-state index in [0.717, 1.165) is 10.6 Å². The van der Waals surface area contributed by atoms with Gasteiger partial charge in [-0.15, -0.1) is 0 Å². The Bertz CT molecular complexity index is 524. The van der Waals surface area contributed by atoms with Crippen molar-refractivity contribution in [1.82, 2.24) is 4.57 Å². The summed E-state index contributed by atoms with van der Waals surface area (Å²) in [6.45, 7) is 6.36. The molecule has 0 bridgehead atoms. The van der Waals surface area contributed by atoms with Crippen LogP contribution in [-0.2, 0) is 0 Å². The topological polar surface area (TPSA) is 4.93 Å². The zero-order chi connectivity index (χ0) is 12.6. The van der Waals surface area contributed by atoms with Crippen LogP contribution < -0.4 is 0 Å². The Labute approximate surface area is 112 Å². The molecular weight excluding hydrogens is 253 g/mol. The van der Waals surface area contributed by atoms with Crippen LogP contribution in [0.5, 0.6) is 0 Å². The number of nitrogens with zero attached hydrogens (tertiary/aromatic N) is 1. The zero-order valence-corrected chi connectivity index (χ0v) is 11.7. The molecule has 1 heterocycles. The van der Waals surface area contributed by atoms with Gasteiger partial charge in [-0.1, -0.05) is 29.3 Å². The molecule has 0 amide bonds. The first-order valence-corrected chi connectivity index (χ1v) is 6.35. The van der Waals surface area contributed by atoms with Crippen LogP contribution in [-0.4, -0.2) is 4.57 Å². The molecule has 0 radical (unpaired) electrons. The fraction of sp³-hybridized carbons (Fsp3) is 0.286. The predicted octanol–water partition coefficient (Wildman–Crippen LogP) is 5.02. The van der Waals surface area contributed by atoms with Gasteiger partial charge in [0.2, 0.25) is 0 Å². The summed E-state index contributed by atoms with van der Waals surface area (Å²) < 4.78 is 2.27. The van der Waals surface area contributed by atoms with Gasteiger partial charge in [-0.25, -0.2) is 0 Å². The zero-order valence-electron chi connectivity index (χ0n) is 10.2. The van der Waals surface area contributed by atoms with E-state index < -0.39 is 0 Å². The Morgan fingerprint density at radius 3 is 2.12 bits per heavy atom. The van der Waals surface area contributed by atoms with Gasteiger partial charge in [-0.05, 0) is 50.6 Å². The quantitative estimate of drug-likeness (QED) is 0.720. The van der Waals surface area contributed by atoms with Crippen molar-refractivity contribution in [1.29, 1.82) is 0 Å². The maximum atomic E-state index is 6.25. The summed E-state index contributed by atoms with van der Waals surface area (Å²) in [4.78, 5) is 0. The van der Waals surface area contributed by atoms with E-state index in [-0.39, 0.29) is 6.04 Å². The van der Waals surface area contributed by atoms with Crippen LogP contribution in [0, 0.1) is 13.8 Å². The monoisotopic (exact) mass is 267 g/mol. The Morgan fingerprint density at radius 2 is 1.59 bits per heavy atom. The third kappa shape index (κ3) is 2.36. The third-order valence-electron chi connectivity index (χ3n) is 3.13. The minimum absolute atomic E-state index is 0.217.